The zero-order valence-electron chi connectivity index (χ0n) is 16.7. The minimum absolute atomic E-state index is 0.00823. The van der Waals surface area contributed by atoms with E-state index in [0.717, 1.165) is 24.5 Å². The van der Waals surface area contributed by atoms with Crippen LogP contribution in [0.15, 0.2) is 18.2 Å². The lowest BCUT2D eigenvalue weighted by molar-refractivity contribution is -0.139. The topological polar surface area (TPSA) is 98.6 Å². The van der Waals surface area contributed by atoms with E-state index in [4.69, 9.17) is 9.47 Å². The van der Waals surface area contributed by atoms with Crippen LogP contribution in [0.3, 0.4) is 0 Å². The number of nitrogens with one attached hydrogen (secondary N) is 1. The average Bonchev–Trinajstić information content (AvgIpc) is 3.11. The van der Waals surface area contributed by atoms with Gasteiger partial charge in [0.15, 0.2) is 11.5 Å². The zero-order chi connectivity index (χ0) is 20.4. The van der Waals surface area contributed by atoms with Crippen LogP contribution in [0, 0.1) is 12.8 Å². The normalized spacial score (nSPS) is 17.4. The molecule has 0 radical (unpaired) electrons. The molecule has 1 aromatic heterocycles. The Kier molecular flexibility index (Phi) is 5.37. The number of fused-ring (bicyclic) bond motifs is 2. The largest absolute Gasteiger partial charge is 0.486 e. The fourth-order valence-electron chi connectivity index (χ4n) is 3.76. The summed E-state index contributed by atoms with van der Waals surface area (Å²) in [6, 6.07) is 5.27. The number of likely N-dealkylation sites (N-methyl/N-ethyl adjacent to an activating group) is 1. The fraction of sp³-hybridized carbons (Fsp3) is 0.500. The summed E-state index contributed by atoms with van der Waals surface area (Å²) in [4.78, 5) is 27.2. The van der Waals surface area contributed by atoms with Crippen molar-refractivity contribution in [1.82, 2.24) is 19.7 Å². The van der Waals surface area contributed by atoms with Gasteiger partial charge in [-0.1, -0.05) is 0 Å². The molecule has 0 fully saturated rings. The number of amides is 2. The Bertz CT molecular complexity index is 926. The molecule has 3 heterocycles. The summed E-state index contributed by atoms with van der Waals surface area (Å²) < 4.78 is 13.0. The highest BCUT2D eigenvalue weighted by Crippen LogP contribution is 2.32. The van der Waals surface area contributed by atoms with Crippen molar-refractivity contribution >= 4 is 17.5 Å². The van der Waals surface area contributed by atoms with Gasteiger partial charge in [-0.15, -0.1) is 10.2 Å². The predicted molar refractivity (Wildman–Crippen MR) is 105 cm³/mol. The molecule has 2 amide bonds. The number of hydrogen-bond donors (Lipinski definition) is 1. The first kappa shape index (κ1) is 19.2. The summed E-state index contributed by atoms with van der Waals surface area (Å²) in [5, 5.41) is 11.1. The van der Waals surface area contributed by atoms with Crippen LogP contribution in [0.4, 0.5) is 5.69 Å². The summed E-state index contributed by atoms with van der Waals surface area (Å²) in [5.74, 6) is 2.60. The summed E-state index contributed by atoms with van der Waals surface area (Å²) in [6.45, 7) is 5.82. The van der Waals surface area contributed by atoms with Crippen molar-refractivity contribution in [3.63, 3.8) is 0 Å². The Balaban J connectivity index is 1.37. The lowest BCUT2D eigenvalue weighted by Crippen LogP contribution is -2.43. The summed E-state index contributed by atoms with van der Waals surface area (Å²) in [5.41, 5.74) is 0.616. The molecular formula is C20H25N5O4. The van der Waals surface area contributed by atoms with Gasteiger partial charge >= 0.3 is 0 Å². The Labute approximate surface area is 169 Å². The second-order valence-electron chi connectivity index (χ2n) is 7.27. The molecule has 1 aromatic carbocycles. The quantitative estimate of drug-likeness (QED) is 0.816. The van der Waals surface area contributed by atoms with Crippen LogP contribution in [-0.2, 0) is 22.6 Å². The number of benzene rings is 1. The maximum absolute atomic E-state index is 13.0. The van der Waals surface area contributed by atoms with Crippen molar-refractivity contribution in [3.8, 4) is 11.5 Å². The minimum atomic E-state index is -0.242. The molecule has 1 atom stereocenters. The van der Waals surface area contributed by atoms with Crippen LogP contribution < -0.4 is 14.8 Å². The molecule has 0 saturated heterocycles. The number of anilines is 1. The molecule has 0 unspecified atom stereocenters. The number of aryl methyl sites for hydroxylation is 2. The molecule has 29 heavy (non-hydrogen) atoms. The second-order valence-corrected chi connectivity index (χ2v) is 7.27. The van der Waals surface area contributed by atoms with E-state index in [2.05, 4.69) is 15.5 Å². The molecular weight excluding hydrogens is 374 g/mol. The molecule has 0 saturated carbocycles. The molecule has 2 aliphatic rings. The highest BCUT2D eigenvalue weighted by Gasteiger charge is 2.30. The van der Waals surface area contributed by atoms with Crippen LogP contribution in [0.1, 0.15) is 25.0 Å². The number of carbonyl (C=O) groups is 2. The molecule has 4 rings (SSSR count). The van der Waals surface area contributed by atoms with E-state index in [-0.39, 0.29) is 24.3 Å². The number of aromatic nitrogens is 3. The highest BCUT2D eigenvalue weighted by atomic mass is 16.6. The first-order valence-electron chi connectivity index (χ1n) is 9.92. The Morgan fingerprint density at radius 1 is 1.24 bits per heavy atom. The molecule has 0 spiro atoms. The number of rotatable bonds is 5. The van der Waals surface area contributed by atoms with Gasteiger partial charge < -0.3 is 24.3 Å². The monoisotopic (exact) mass is 399 g/mol. The van der Waals surface area contributed by atoms with Gasteiger partial charge in [0.05, 0.1) is 12.5 Å². The number of carbonyl (C=O) groups excluding carboxylic acids is 2. The van der Waals surface area contributed by atoms with Crippen molar-refractivity contribution in [2.24, 2.45) is 5.92 Å². The van der Waals surface area contributed by atoms with Gasteiger partial charge in [-0.2, -0.15) is 0 Å². The standard InChI is InChI=1S/C20H25N5O4/c1-3-24(20(27)14-4-7-18-23-22-13(2)25(18)11-14)12-19(26)21-15-5-6-16-17(10-15)29-9-8-28-16/h5-6,10,14H,3-4,7-9,11-12H2,1-2H3,(H,21,26)/t14-/m0/s1. The van der Waals surface area contributed by atoms with Gasteiger partial charge in [0.25, 0.3) is 0 Å². The van der Waals surface area contributed by atoms with E-state index >= 15 is 0 Å². The Morgan fingerprint density at radius 3 is 2.83 bits per heavy atom. The molecule has 0 aliphatic carbocycles. The Hall–Kier alpha value is -3.10. The van der Waals surface area contributed by atoms with Crippen LogP contribution >= 0.6 is 0 Å². The van der Waals surface area contributed by atoms with Crippen molar-refractivity contribution in [1.29, 1.82) is 0 Å². The van der Waals surface area contributed by atoms with E-state index in [1.807, 2.05) is 18.4 Å². The van der Waals surface area contributed by atoms with Gasteiger partial charge in [-0.25, -0.2) is 0 Å². The maximum atomic E-state index is 13.0. The second kappa shape index (κ2) is 8.10. The van der Waals surface area contributed by atoms with Gasteiger partial charge in [0.2, 0.25) is 11.8 Å². The minimum Gasteiger partial charge on any atom is -0.486 e. The van der Waals surface area contributed by atoms with Gasteiger partial charge in [-0.05, 0) is 32.4 Å². The van der Waals surface area contributed by atoms with E-state index in [1.165, 1.54) is 0 Å². The third-order valence-electron chi connectivity index (χ3n) is 5.33. The summed E-state index contributed by atoms with van der Waals surface area (Å²) in [6.07, 6.45) is 1.44. The van der Waals surface area contributed by atoms with E-state index in [9.17, 15) is 9.59 Å². The Morgan fingerprint density at radius 2 is 2.03 bits per heavy atom. The van der Waals surface area contributed by atoms with Crippen LogP contribution in [-0.4, -0.2) is 57.8 Å². The molecule has 2 aromatic rings. The van der Waals surface area contributed by atoms with E-state index in [1.54, 1.807) is 23.1 Å². The lowest BCUT2D eigenvalue weighted by atomic mass is 9.97. The third-order valence-corrected chi connectivity index (χ3v) is 5.33. The smallest absolute Gasteiger partial charge is 0.243 e. The third kappa shape index (κ3) is 4.03. The first-order chi connectivity index (χ1) is 14.0. The SMILES string of the molecule is CCN(CC(=O)Nc1ccc2c(c1)OCCO2)C(=O)[C@H]1CCc2nnc(C)n2C1. The average molecular weight is 399 g/mol. The van der Waals surface area contributed by atoms with Crippen LogP contribution in [0.5, 0.6) is 11.5 Å². The first-order valence-corrected chi connectivity index (χ1v) is 9.92. The molecule has 2 aliphatic heterocycles. The van der Waals surface area contributed by atoms with Crippen molar-refractivity contribution in [3.05, 3.63) is 29.8 Å². The number of nitrogens with zero attached hydrogens (tertiary/aromatic N) is 4. The van der Waals surface area contributed by atoms with Crippen molar-refractivity contribution in [2.45, 2.75) is 33.2 Å². The van der Waals surface area contributed by atoms with Crippen LogP contribution in [0.25, 0.3) is 0 Å². The summed E-state index contributed by atoms with van der Waals surface area (Å²) >= 11 is 0. The van der Waals surface area contributed by atoms with E-state index in [0.29, 0.717) is 43.5 Å². The maximum Gasteiger partial charge on any atom is 0.243 e. The predicted octanol–water partition coefficient (Wildman–Crippen LogP) is 1.41. The molecule has 9 nitrogen and oxygen atoms in total. The molecule has 0 bridgehead atoms. The van der Waals surface area contributed by atoms with Crippen molar-refractivity contribution in [2.75, 3.05) is 31.6 Å². The highest BCUT2D eigenvalue weighted by molar-refractivity contribution is 5.95. The van der Waals surface area contributed by atoms with Crippen LogP contribution in [0.2, 0.25) is 0 Å². The zero-order valence-corrected chi connectivity index (χ0v) is 16.7. The molecule has 9 heteroatoms. The lowest BCUT2D eigenvalue weighted by Gasteiger charge is -2.29. The summed E-state index contributed by atoms with van der Waals surface area (Å²) in [7, 11) is 0. The number of hydrogen-bond acceptors (Lipinski definition) is 6. The molecule has 154 valence electrons. The molecule has 1 N–H and O–H groups in total. The van der Waals surface area contributed by atoms with Gasteiger partial charge in [0.1, 0.15) is 24.9 Å². The van der Waals surface area contributed by atoms with Gasteiger partial charge in [-0.3, -0.25) is 9.59 Å². The van der Waals surface area contributed by atoms with Crippen molar-refractivity contribution < 1.29 is 19.1 Å². The van der Waals surface area contributed by atoms with Gasteiger partial charge in [0, 0.05) is 31.3 Å². The number of ether oxygens (including phenoxy) is 2. The fourth-order valence-corrected chi connectivity index (χ4v) is 3.76. The van der Waals surface area contributed by atoms with E-state index < -0.39 is 0 Å².